The number of fused-ring (bicyclic) bond motifs is 2. The molecule has 0 unspecified atom stereocenters. The molecule has 2 aromatic rings. The molecule has 0 spiro atoms. The average molecular weight is 596 g/mol. The number of nitrogens with zero attached hydrogens (tertiary/aromatic N) is 2. The van der Waals surface area contributed by atoms with Gasteiger partial charge in [-0.15, -0.1) is 17.2 Å². The number of hydroxylamine groups is 1. The van der Waals surface area contributed by atoms with E-state index < -0.39 is 18.0 Å². The van der Waals surface area contributed by atoms with Crippen molar-refractivity contribution < 1.29 is 33.5 Å². The highest BCUT2D eigenvalue weighted by atomic mass is 32.2. The van der Waals surface area contributed by atoms with Gasteiger partial charge in [0.05, 0.1) is 23.4 Å². The minimum Gasteiger partial charge on any atom is -0.465 e. The minimum absolute atomic E-state index is 0.157. The Hall–Kier alpha value is -3.70. The first-order chi connectivity index (χ1) is 20.4. The SMILES string of the molecule is CCOC(=O)[C@H](CCCCCCCCN1C(=O)c2ccccc2C1=O)NOC(=O)CN1C(=O)CCSc2ccccc21. The van der Waals surface area contributed by atoms with Crippen LogP contribution in [0.15, 0.2) is 53.4 Å². The molecule has 11 heteroatoms. The lowest BCUT2D eigenvalue weighted by atomic mass is 10.1. The van der Waals surface area contributed by atoms with Gasteiger partial charge in [-0.2, -0.15) is 0 Å². The molecule has 0 bridgehead atoms. The predicted molar refractivity (Wildman–Crippen MR) is 158 cm³/mol. The molecule has 0 aromatic heterocycles. The number of unbranched alkanes of at least 4 members (excludes halogenated alkanes) is 5. The quantitative estimate of drug-likeness (QED) is 0.137. The highest BCUT2D eigenvalue weighted by molar-refractivity contribution is 7.99. The number of esters is 1. The number of nitrogens with one attached hydrogen (secondary N) is 1. The molecule has 2 heterocycles. The molecule has 0 radical (unpaired) electrons. The van der Waals surface area contributed by atoms with E-state index in [4.69, 9.17) is 9.57 Å². The lowest BCUT2D eigenvalue weighted by molar-refractivity contribution is -0.159. The van der Waals surface area contributed by atoms with E-state index in [9.17, 15) is 24.0 Å². The topological polar surface area (TPSA) is 122 Å². The van der Waals surface area contributed by atoms with Crippen LogP contribution in [0, 0.1) is 0 Å². The third kappa shape index (κ3) is 7.98. The zero-order valence-electron chi connectivity index (χ0n) is 23.8. The second-order valence-corrected chi connectivity index (χ2v) is 11.3. The molecule has 4 rings (SSSR count). The Kier molecular flexibility index (Phi) is 11.5. The van der Waals surface area contributed by atoms with Gasteiger partial charge in [0, 0.05) is 23.6 Å². The number of amides is 3. The van der Waals surface area contributed by atoms with Gasteiger partial charge in [0.15, 0.2) is 0 Å². The summed E-state index contributed by atoms with van der Waals surface area (Å²) in [7, 11) is 0. The first-order valence-corrected chi connectivity index (χ1v) is 15.5. The summed E-state index contributed by atoms with van der Waals surface area (Å²) >= 11 is 1.57. The second kappa shape index (κ2) is 15.5. The summed E-state index contributed by atoms with van der Waals surface area (Å²) in [6.07, 6.45) is 5.76. The molecule has 0 saturated heterocycles. The summed E-state index contributed by atoms with van der Waals surface area (Å²) in [4.78, 5) is 71.6. The van der Waals surface area contributed by atoms with Gasteiger partial charge in [-0.05, 0) is 44.0 Å². The number of rotatable bonds is 15. The largest absolute Gasteiger partial charge is 0.465 e. The molecule has 2 aliphatic rings. The molecule has 0 aliphatic carbocycles. The first kappa shape index (κ1) is 31.2. The normalized spacial score (nSPS) is 15.2. The Morgan fingerprint density at radius 3 is 2.24 bits per heavy atom. The van der Waals surface area contributed by atoms with Crippen LogP contribution in [0.2, 0.25) is 0 Å². The number of imide groups is 1. The molecule has 1 N–H and O–H groups in total. The van der Waals surface area contributed by atoms with Crippen LogP contribution in [0.4, 0.5) is 5.69 Å². The van der Waals surface area contributed by atoms with Crippen molar-refractivity contribution in [2.75, 3.05) is 30.3 Å². The van der Waals surface area contributed by atoms with Crippen LogP contribution in [-0.2, 0) is 24.0 Å². The fourth-order valence-corrected chi connectivity index (χ4v) is 6.02. The fourth-order valence-electron chi connectivity index (χ4n) is 5.03. The Labute approximate surface area is 250 Å². The van der Waals surface area contributed by atoms with Gasteiger partial charge in [0.1, 0.15) is 12.6 Å². The van der Waals surface area contributed by atoms with Gasteiger partial charge in [0.2, 0.25) is 5.91 Å². The van der Waals surface area contributed by atoms with E-state index in [2.05, 4.69) is 5.48 Å². The molecule has 10 nitrogen and oxygen atoms in total. The number of benzene rings is 2. The van der Waals surface area contributed by atoms with Gasteiger partial charge in [-0.3, -0.25) is 29.0 Å². The number of carbonyl (C=O) groups is 5. The van der Waals surface area contributed by atoms with E-state index in [1.807, 2.05) is 18.2 Å². The Morgan fingerprint density at radius 2 is 1.52 bits per heavy atom. The Bertz CT molecular complexity index is 1270. The van der Waals surface area contributed by atoms with E-state index in [-0.39, 0.29) is 30.9 Å². The maximum atomic E-state index is 12.7. The summed E-state index contributed by atoms with van der Waals surface area (Å²) in [5.41, 5.74) is 4.18. The fraction of sp³-hybridized carbons (Fsp3) is 0.452. The maximum absolute atomic E-state index is 12.7. The zero-order valence-corrected chi connectivity index (χ0v) is 24.7. The van der Waals surface area contributed by atoms with Gasteiger partial charge < -0.3 is 9.57 Å². The van der Waals surface area contributed by atoms with Crippen LogP contribution in [0.25, 0.3) is 0 Å². The smallest absolute Gasteiger partial charge is 0.344 e. The molecule has 1 atom stereocenters. The van der Waals surface area contributed by atoms with Gasteiger partial charge >= 0.3 is 11.9 Å². The first-order valence-electron chi connectivity index (χ1n) is 14.5. The number of thioether (sulfide) groups is 1. The number of carbonyl (C=O) groups excluding carboxylic acids is 5. The van der Waals surface area contributed by atoms with Crippen LogP contribution in [0.5, 0.6) is 0 Å². The average Bonchev–Trinajstić information content (AvgIpc) is 3.12. The van der Waals surface area contributed by atoms with E-state index >= 15 is 0 Å². The monoisotopic (exact) mass is 595 g/mol. The molecule has 224 valence electrons. The van der Waals surface area contributed by atoms with Crippen molar-refractivity contribution in [3.05, 3.63) is 59.7 Å². The van der Waals surface area contributed by atoms with Gasteiger partial charge in [0.25, 0.3) is 11.8 Å². The van der Waals surface area contributed by atoms with E-state index in [0.717, 1.165) is 37.0 Å². The van der Waals surface area contributed by atoms with Crippen molar-refractivity contribution in [1.29, 1.82) is 0 Å². The van der Waals surface area contributed by atoms with E-state index in [0.29, 0.717) is 48.4 Å². The number of hydrogen-bond donors (Lipinski definition) is 1. The molecule has 0 fully saturated rings. The lowest BCUT2D eigenvalue weighted by Crippen LogP contribution is -2.43. The Balaban J connectivity index is 1.16. The van der Waals surface area contributed by atoms with Crippen molar-refractivity contribution in [2.24, 2.45) is 0 Å². The highest BCUT2D eigenvalue weighted by Crippen LogP contribution is 2.33. The van der Waals surface area contributed by atoms with Crippen LogP contribution >= 0.6 is 11.8 Å². The van der Waals surface area contributed by atoms with Crippen LogP contribution < -0.4 is 10.4 Å². The molecule has 0 saturated carbocycles. The van der Waals surface area contributed by atoms with Crippen molar-refractivity contribution in [1.82, 2.24) is 10.4 Å². The summed E-state index contributed by atoms with van der Waals surface area (Å²) in [5, 5.41) is 0. The number of anilines is 1. The van der Waals surface area contributed by atoms with Crippen LogP contribution in [-0.4, -0.2) is 66.1 Å². The predicted octanol–water partition coefficient (Wildman–Crippen LogP) is 4.52. The number of para-hydroxylation sites is 1. The summed E-state index contributed by atoms with van der Waals surface area (Å²) in [5.74, 6) is -1.14. The van der Waals surface area contributed by atoms with Crippen molar-refractivity contribution >= 4 is 47.1 Å². The lowest BCUT2D eigenvalue weighted by Gasteiger charge is -2.22. The van der Waals surface area contributed by atoms with Crippen molar-refractivity contribution in [3.8, 4) is 0 Å². The minimum atomic E-state index is -0.814. The van der Waals surface area contributed by atoms with Crippen molar-refractivity contribution in [2.45, 2.75) is 69.2 Å². The van der Waals surface area contributed by atoms with Crippen LogP contribution in [0.3, 0.4) is 0 Å². The van der Waals surface area contributed by atoms with E-state index in [1.165, 1.54) is 9.80 Å². The molecule has 42 heavy (non-hydrogen) atoms. The molecular weight excluding hydrogens is 558 g/mol. The molecular formula is C31H37N3O7S. The standard InChI is InChI=1S/C31H37N3O7S/c1-2-40-31(39)24(32-41-28(36)21-34-25-16-10-11-17-26(25)42-20-18-27(34)35)15-7-5-3-4-6-12-19-33-29(37)22-13-8-9-14-23(22)30(33)38/h8-11,13-14,16-17,24,32H,2-7,12,15,18-21H2,1H3/t24-/m0/s1. The van der Waals surface area contributed by atoms with Crippen molar-refractivity contribution in [3.63, 3.8) is 0 Å². The second-order valence-electron chi connectivity index (χ2n) is 10.2. The summed E-state index contributed by atoms with van der Waals surface area (Å²) < 4.78 is 5.15. The molecule has 3 amide bonds. The number of hydrogen-bond acceptors (Lipinski definition) is 9. The van der Waals surface area contributed by atoms with Crippen LogP contribution in [0.1, 0.15) is 79.0 Å². The zero-order chi connectivity index (χ0) is 29.9. The third-order valence-corrected chi connectivity index (χ3v) is 8.27. The van der Waals surface area contributed by atoms with Gasteiger partial charge in [-0.1, -0.05) is 56.4 Å². The molecule has 2 aliphatic heterocycles. The van der Waals surface area contributed by atoms with Gasteiger partial charge in [-0.25, -0.2) is 4.79 Å². The Morgan fingerprint density at radius 1 is 0.881 bits per heavy atom. The summed E-state index contributed by atoms with van der Waals surface area (Å²) in [6, 6.07) is 13.5. The molecule has 2 aromatic carbocycles. The third-order valence-electron chi connectivity index (χ3n) is 7.21. The summed E-state index contributed by atoms with van der Waals surface area (Å²) in [6.45, 7) is 2.05. The maximum Gasteiger partial charge on any atom is 0.344 e. The highest BCUT2D eigenvalue weighted by Gasteiger charge is 2.34. The number of ether oxygens (including phenoxy) is 1. The van der Waals surface area contributed by atoms with E-state index in [1.54, 1.807) is 49.0 Å².